The van der Waals surface area contributed by atoms with Crippen LogP contribution in [0.5, 0.6) is 11.5 Å². The van der Waals surface area contributed by atoms with Crippen molar-refractivity contribution in [2.24, 2.45) is 0 Å². The minimum Gasteiger partial charge on any atom is -0.493 e. The monoisotopic (exact) mass is 673 g/mol. The lowest BCUT2D eigenvalue weighted by atomic mass is 10.1. The molecule has 8 nitrogen and oxygen atoms in total. The van der Waals surface area contributed by atoms with Crippen LogP contribution in [0.4, 0.5) is 5.69 Å². The molecular formula is C29H25BrClN3O5S2. The van der Waals surface area contributed by atoms with Crippen molar-refractivity contribution in [2.45, 2.75) is 20.8 Å². The van der Waals surface area contributed by atoms with Gasteiger partial charge in [-0.25, -0.2) is 0 Å². The van der Waals surface area contributed by atoms with Crippen LogP contribution in [-0.4, -0.2) is 40.8 Å². The predicted molar refractivity (Wildman–Crippen MR) is 169 cm³/mol. The number of anilines is 1. The Morgan fingerprint density at radius 2 is 1.83 bits per heavy atom. The number of hydrogen-bond donors (Lipinski definition) is 2. The lowest BCUT2D eigenvalue weighted by Crippen LogP contribution is -2.44. The molecule has 1 aliphatic rings. The molecule has 0 unspecified atom stereocenters. The molecule has 0 aliphatic carbocycles. The van der Waals surface area contributed by atoms with Crippen molar-refractivity contribution < 1.29 is 23.9 Å². The van der Waals surface area contributed by atoms with Crippen LogP contribution >= 0.6 is 51.5 Å². The minimum absolute atomic E-state index is 0.173. The number of nitrogens with zero attached hydrogens (tertiary/aromatic N) is 1. The van der Waals surface area contributed by atoms with Crippen molar-refractivity contribution in [3.63, 3.8) is 0 Å². The van der Waals surface area contributed by atoms with E-state index in [-0.39, 0.29) is 27.4 Å². The second-order valence-electron chi connectivity index (χ2n) is 9.03. The number of ether oxygens (including phenoxy) is 2. The van der Waals surface area contributed by atoms with Crippen molar-refractivity contribution >= 4 is 85.3 Å². The zero-order valence-electron chi connectivity index (χ0n) is 22.5. The Morgan fingerprint density at radius 3 is 2.54 bits per heavy atom. The summed E-state index contributed by atoms with van der Waals surface area (Å²) in [5, 5.41) is 4.15. The van der Waals surface area contributed by atoms with E-state index < -0.39 is 11.8 Å². The molecule has 0 spiro atoms. The fourth-order valence-corrected chi connectivity index (χ4v) is 5.76. The zero-order valence-corrected chi connectivity index (χ0v) is 26.4. The van der Waals surface area contributed by atoms with E-state index in [9.17, 15) is 14.4 Å². The van der Waals surface area contributed by atoms with Gasteiger partial charge in [-0.3, -0.25) is 19.8 Å². The van der Waals surface area contributed by atoms with Crippen molar-refractivity contribution in [3.8, 4) is 11.5 Å². The average molecular weight is 675 g/mol. The molecule has 1 saturated heterocycles. The Balaban J connectivity index is 1.42. The molecule has 0 bridgehead atoms. The number of carbonyl (C=O) groups excluding carboxylic acids is 3. The van der Waals surface area contributed by atoms with Crippen molar-refractivity contribution in [1.29, 1.82) is 0 Å². The van der Waals surface area contributed by atoms with E-state index in [4.69, 9.17) is 33.3 Å². The number of halogens is 2. The van der Waals surface area contributed by atoms with Gasteiger partial charge in [0.15, 0.2) is 22.4 Å². The van der Waals surface area contributed by atoms with Gasteiger partial charge in [0.25, 0.3) is 17.7 Å². The molecular weight excluding hydrogens is 650 g/mol. The molecule has 3 aromatic rings. The van der Waals surface area contributed by atoms with Gasteiger partial charge in [0.05, 0.1) is 22.6 Å². The SMILES string of the molecule is COc1cc(/C=C2/SC(=S)N(NC(=O)c3ccc(C)cc3Cl)C2=O)ccc1OCC(=O)Nc1ccc(Br)c(C)c1C. The molecule has 1 aliphatic heterocycles. The number of aryl methyl sites for hydroxylation is 1. The van der Waals surface area contributed by atoms with Gasteiger partial charge in [-0.2, -0.15) is 5.01 Å². The third-order valence-electron chi connectivity index (χ3n) is 6.22. The van der Waals surface area contributed by atoms with Gasteiger partial charge >= 0.3 is 0 Å². The number of nitrogens with one attached hydrogen (secondary N) is 2. The maximum absolute atomic E-state index is 13.0. The lowest BCUT2D eigenvalue weighted by molar-refractivity contribution is -0.123. The summed E-state index contributed by atoms with van der Waals surface area (Å²) in [5.41, 5.74) is 6.99. The molecule has 2 N–H and O–H groups in total. The molecule has 12 heteroatoms. The summed E-state index contributed by atoms with van der Waals surface area (Å²) in [7, 11) is 1.48. The van der Waals surface area contributed by atoms with Gasteiger partial charge < -0.3 is 14.8 Å². The van der Waals surface area contributed by atoms with Crippen LogP contribution in [-0.2, 0) is 9.59 Å². The summed E-state index contributed by atoms with van der Waals surface area (Å²) in [4.78, 5) is 38.6. The molecule has 1 heterocycles. The standard InChI is InChI=1S/C29H25BrClN3O5S2/c1-15-5-7-19(21(31)11-15)27(36)33-34-28(37)25(41-29(34)40)13-18-6-10-23(24(12-18)38-4)39-14-26(35)32-22-9-8-20(30)16(2)17(22)3/h5-13H,14H2,1-4H3,(H,32,35)(H,33,36)/b25-13+. The summed E-state index contributed by atoms with van der Waals surface area (Å²) in [6.45, 7) is 5.53. The summed E-state index contributed by atoms with van der Waals surface area (Å²) >= 11 is 16.0. The van der Waals surface area contributed by atoms with Gasteiger partial charge in [0.2, 0.25) is 0 Å². The molecule has 0 saturated carbocycles. The number of carbonyl (C=O) groups is 3. The highest BCUT2D eigenvalue weighted by Gasteiger charge is 2.34. The number of thioether (sulfide) groups is 1. The Kier molecular flexibility index (Phi) is 9.75. The number of thiocarbonyl (C=S) groups is 1. The predicted octanol–water partition coefficient (Wildman–Crippen LogP) is 6.60. The summed E-state index contributed by atoms with van der Waals surface area (Å²) in [6, 6.07) is 13.7. The van der Waals surface area contributed by atoms with E-state index in [1.807, 2.05) is 32.9 Å². The van der Waals surface area contributed by atoms with Gasteiger partial charge in [0.1, 0.15) is 0 Å². The first kappa shape index (κ1) is 30.6. The van der Waals surface area contributed by atoms with Crippen molar-refractivity contribution in [3.05, 3.63) is 90.7 Å². The first-order valence-corrected chi connectivity index (χ1v) is 14.6. The van der Waals surface area contributed by atoms with Crippen LogP contribution in [0.25, 0.3) is 6.08 Å². The molecule has 3 amide bonds. The Bertz CT molecular complexity index is 1610. The first-order valence-electron chi connectivity index (χ1n) is 12.2. The molecule has 0 atom stereocenters. The molecule has 4 rings (SSSR count). The number of rotatable bonds is 8. The minimum atomic E-state index is -0.551. The maximum atomic E-state index is 13.0. The Labute approximate surface area is 260 Å². The van der Waals surface area contributed by atoms with Crippen LogP contribution in [0.3, 0.4) is 0 Å². The van der Waals surface area contributed by atoms with E-state index in [1.165, 1.54) is 7.11 Å². The highest BCUT2D eigenvalue weighted by molar-refractivity contribution is 9.10. The zero-order chi connectivity index (χ0) is 29.8. The third-order valence-corrected chi connectivity index (χ3v) is 8.69. The second-order valence-corrected chi connectivity index (χ2v) is 12.0. The van der Waals surface area contributed by atoms with Gasteiger partial charge in [-0.05, 0) is 97.7 Å². The first-order chi connectivity index (χ1) is 19.5. The molecule has 1 fully saturated rings. The number of hydrogen-bond acceptors (Lipinski definition) is 7. The highest BCUT2D eigenvalue weighted by Crippen LogP contribution is 2.34. The van der Waals surface area contributed by atoms with Gasteiger partial charge in [-0.15, -0.1) is 0 Å². The molecule has 0 radical (unpaired) electrons. The maximum Gasteiger partial charge on any atom is 0.285 e. The van der Waals surface area contributed by atoms with Gasteiger partial charge in [0, 0.05) is 10.2 Å². The number of benzene rings is 3. The Hall–Kier alpha value is -3.38. The molecule has 212 valence electrons. The van der Waals surface area contributed by atoms with Crippen LogP contribution in [0, 0.1) is 20.8 Å². The van der Waals surface area contributed by atoms with E-state index in [2.05, 4.69) is 26.7 Å². The molecule has 41 heavy (non-hydrogen) atoms. The van der Waals surface area contributed by atoms with E-state index in [1.54, 1.807) is 42.5 Å². The van der Waals surface area contributed by atoms with E-state index in [0.29, 0.717) is 27.7 Å². The largest absolute Gasteiger partial charge is 0.493 e. The van der Waals surface area contributed by atoms with Crippen LogP contribution in [0.15, 0.2) is 57.9 Å². The van der Waals surface area contributed by atoms with E-state index in [0.717, 1.165) is 37.9 Å². The third kappa shape index (κ3) is 7.10. The van der Waals surface area contributed by atoms with Crippen LogP contribution in [0.2, 0.25) is 5.02 Å². The fraction of sp³-hybridized carbons (Fsp3) is 0.172. The second kappa shape index (κ2) is 13.1. The summed E-state index contributed by atoms with van der Waals surface area (Å²) in [5.74, 6) is -0.617. The molecule has 0 aromatic heterocycles. The van der Waals surface area contributed by atoms with Crippen LogP contribution in [0.1, 0.15) is 32.6 Å². The summed E-state index contributed by atoms with van der Waals surface area (Å²) in [6.07, 6.45) is 1.63. The molecule has 3 aromatic carbocycles. The number of amides is 3. The quantitative estimate of drug-likeness (QED) is 0.205. The fourth-order valence-electron chi connectivity index (χ4n) is 3.83. The number of methoxy groups -OCH3 is 1. The normalized spacial score (nSPS) is 13.9. The Morgan fingerprint density at radius 1 is 1.07 bits per heavy atom. The van der Waals surface area contributed by atoms with Gasteiger partial charge in [-0.1, -0.05) is 51.4 Å². The topological polar surface area (TPSA) is 97.0 Å². The smallest absolute Gasteiger partial charge is 0.285 e. The van der Waals surface area contributed by atoms with Crippen molar-refractivity contribution in [1.82, 2.24) is 10.4 Å². The van der Waals surface area contributed by atoms with Crippen molar-refractivity contribution in [2.75, 3.05) is 19.0 Å². The average Bonchev–Trinajstić information content (AvgIpc) is 3.19. The highest BCUT2D eigenvalue weighted by atomic mass is 79.9. The summed E-state index contributed by atoms with van der Waals surface area (Å²) < 4.78 is 12.3. The van der Waals surface area contributed by atoms with E-state index >= 15 is 0 Å². The van der Waals surface area contributed by atoms with Crippen LogP contribution < -0.4 is 20.2 Å². The lowest BCUT2D eigenvalue weighted by Gasteiger charge is -2.16. The number of hydrazine groups is 1.